The number of aromatic nitrogens is 5. The molecule has 0 amide bonds. The zero-order valence-corrected chi connectivity index (χ0v) is 18.5. The lowest BCUT2D eigenvalue weighted by atomic mass is 9.84. The van der Waals surface area contributed by atoms with E-state index < -0.39 is 5.60 Å². The molecule has 0 saturated heterocycles. The van der Waals surface area contributed by atoms with Gasteiger partial charge in [-0.3, -0.25) is 0 Å². The van der Waals surface area contributed by atoms with E-state index in [0.717, 1.165) is 5.56 Å². The van der Waals surface area contributed by atoms with Crippen molar-refractivity contribution in [3.8, 4) is 11.1 Å². The van der Waals surface area contributed by atoms with E-state index in [2.05, 4.69) is 19.9 Å². The van der Waals surface area contributed by atoms with Gasteiger partial charge in [0.25, 0.3) is 0 Å². The number of pyridine rings is 1. The van der Waals surface area contributed by atoms with E-state index in [4.69, 9.17) is 23.2 Å². The molecule has 1 N–H and O–H groups in total. The molecule has 2 aromatic carbocycles. The molecule has 1 atom stereocenters. The number of aryl methyl sites for hydroxylation is 1. The summed E-state index contributed by atoms with van der Waals surface area (Å²) in [4.78, 5) is 16.9. The molecule has 3 aromatic heterocycles. The molecule has 0 aliphatic carbocycles. The fourth-order valence-corrected chi connectivity index (χ4v) is 4.62. The largest absolute Gasteiger partial charge is 0.374 e. The molecule has 0 aliphatic heterocycles. The Hall–Kier alpha value is -3.32. The Morgan fingerprint density at radius 2 is 1.66 bits per heavy atom. The third-order valence-corrected chi connectivity index (χ3v) is 6.19. The minimum Gasteiger partial charge on any atom is -0.374 e. The smallest absolute Gasteiger partial charge is 0.159 e. The van der Waals surface area contributed by atoms with E-state index in [9.17, 15) is 5.11 Å². The maximum atomic E-state index is 12.1. The number of benzene rings is 2. The minimum absolute atomic E-state index is 0.319. The van der Waals surface area contributed by atoms with E-state index in [1.807, 2.05) is 43.4 Å². The molecular formula is C24H17Cl2N5O. The van der Waals surface area contributed by atoms with E-state index in [-0.39, 0.29) is 0 Å². The highest BCUT2D eigenvalue weighted by molar-refractivity contribution is 6.42. The highest BCUT2D eigenvalue weighted by atomic mass is 35.5. The molecule has 5 rings (SSSR count). The molecule has 6 nitrogen and oxygen atoms in total. The van der Waals surface area contributed by atoms with Gasteiger partial charge < -0.3 is 9.67 Å². The molecule has 0 aliphatic rings. The van der Waals surface area contributed by atoms with E-state index >= 15 is 0 Å². The topological polar surface area (TPSA) is 76.7 Å². The Balaban J connectivity index is 1.79. The van der Waals surface area contributed by atoms with Gasteiger partial charge in [0.2, 0.25) is 0 Å². The number of halogens is 2. The summed E-state index contributed by atoms with van der Waals surface area (Å²) < 4.78 is 1.76. The molecule has 8 heteroatoms. The average molecular weight is 462 g/mol. The highest BCUT2D eigenvalue weighted by Crippen LogP contribution is 2.41. The first kappa shape index (κ1) is 20.6. The molecule has 0 spiro atoms. The summed E-state index contributed by atoms with van der Waals surface area (Å²) in [6.45, 7) is 0. The van der Waals surface area contributed by atoms with Gasteiger partial charge in [0, 0.05) is 36.0 Å². The lowest BCUT2D eigenvalue weighted by Crippen LogP contribution is -2.31. The third-order valence-electron chi connectivity index (χ3n) is 5.52. The summed E-state index contributed by atoms with van der Waals surface area (Å²) in [6.07, 6.45) is 7.84. The van der Waals surface area contributed by atoms with Gasteiger partial charge in [-0.05, 0) is 23.3 Å². The van der Waals surface area contributed by atoms with Crippen LogP contribution >= 0.6 is 23.2 Å². The molecule has 158 valence electrons. The summed E-state index contributed by atoms with van der Waals surface area (Å²) in [7, 11) is 1.82. The van der Waals surface area contributed by atoms with E-state index in [1.54, 1.807) is 41.6 Å². The van der Waals surface area contributed by atoms with Gasteiger partial charge in [0.05, 0.1) is 28.8 Å². The zero-order valence-electron chi connectivity index (χ0n) is 16.9. The van der Waals surface area contributed by atoms with Crippen LogP contribution in [0.25, 0.3) is 22.0 Å². The number of fused-ring (bicyclic) bond motifs is 1. The summed E-state index contributed by atoms with van der Waals surface area (Å²) in [6, 6.07) is 15.0. The van der Waals surface area contributed by atoms with Crippen molar-refractivity contribution >= 4 is 34.1 Å². The first-order valence-electron chi connectivity index (χ1n) is 9.79. The number of rotatable bonds is 4. The first-order chi connectivity index (χ1) is 15.5. The van der Waals surface area contributed by atoms with Crippen molar-refractivity contribution in [3.63, 3.8) is 0 Å². The van der Waals surface area contributed by atoms with Crippen molar-refractivity contribution in [2.45, 2.75) is 5.60 Å². The second-order valence-corrected chi connectivity index (χ2v) is 8.15. The SMILES string of the molecule is Cn1cncc1C(O)(c1cncnc1)c1ccc2nc(Cl)c(-c3ccccc3)c(Cl)c2c1. The molecule has 0 saturated carbocycles. The molecule has 0 fully saturated rings. The zero-order chi connectivity index (χ0) is 22.3. The number of nitrogens with zero attached hydrogens (tertiary/aromatic N) is 5. The first-order valence-corrected chi connectivity index (χ1v) is 10.5. The van der Waals surface area contributed by atoms with Crippen LogP contribution in [0.15, 0.2) is 79.8 Å². The predicted molar refractivity (Wildman–Crippen MR) is 125 cm³/mol. The normalized spacial score (nSPS) is 13.2. The quantitative estimate of drug-likeness (QED) is 0.380. The Kier molecular flexibility index (Phi) is 5.13. The van der Waals surface area contributed by atoms with Gasteiger partial charge in [-0.15, -0.1) is 0 Å². The molecule has 5 aromatic rings. The molecule has 0 bridgehead atoms. The molecular weight excluding hydrogens is 445 g/mol. The number of hydrogen-bond donors (Lipinski definition) is 1. The lowest BCUT2D eigenvalue weighted by Gasteiger charge is -2.29. The van der Waals surface area contributed by atoms with E-state index in [1.165, 1.54) is 6.33 Å². The number of hydrogen-bond acceptors (Lipinski definition) is 5. The van der Waals surface area contributed by atoms with Gasteiger partial charge in [-0.1, -0.05) is 59.6 Å². The maximum absolute atomic E-state index is 12.1. The molecule has 1 unspecified atom stereocenters. The van der Waals surface area contributed by atoms with Gasteiger partial charge in [0.1, 0.15) is 11.5 Å². The fourth-order valence-electron chi connectivity index (χ4n) is 3.93. The van der Waals surface area contributed by atoms with Crippen LogP contribution in [0.2, 0.25) is 10.2 Å². The second-order valence-electron chi connectivity index (χ2n) is 7.42. The Bertz CT molecular complexity index is 1420. The van der Waals surface area contributed by atoms with Crippen LogP contribution in [-0.2, 0) is 12.6 Å². The van der Waals surface area contributed by atoms with Gasteiger partial charge in [-0.2, -0.15) is 0 Å². The Morgan fingerprint density at radius 1 is 0.906 bits per heavy atom. The minimum atomic E-state index is -1.56. The highest BCUT2D eigenvalue weighted by Gasteiger charge is 2.37. The second kappa shape index (κ2) is 7.98. The summed E-state index contributed by atoms with van der Waals surface area (Å²) in [5.74, 6) is 0. The van der Waals surface area contributed by atoms with Crippen LogP contribution in [0.4, 0.5) is 0 Å². The average Bonchev–Trinajstić information content (AvgIpc) is 3.26. The van der Waals surface area contributed by atoms with Crippen LogP contribution in [0.5, 0.6) is 0 Å². The Morgan fingerprint density at radius 3 is 2.34 bits per heavy atom. The van der Waals surface area contributed by atoms with Crippen molar-refractivity contribution in [1.82, 2.24) is 24.5 Å². The summed E-state index contributed by atoms with van der Waals surface area (Å²) in [5.41, 5.74) is 2.22. The van der Waals surface area contributed by atoms with Crippen LogP contribution in [-0.4, -0.2) is 29.6 Å². The van der Waals surface area contributed by atoms with Crippen LogP contribution in [0.1, 0.15) is 16.8 Å². The molecule has 3 heterocycles. The van der Waals surface area contributed by atoms with Crippen molar-refractivity contribution in [2.24, 2.45) is 7.05 Å². The van der Waals surface area contributed by atoms with E-state index in [0.29, 0.717) is 43.5 Å². The standard InChI is InChI=1S/C24H17Cl2N5O/c1-31-14-29-12-20(31)24(32,17-10-27-13-28-11-17)16-7-8-19-18(9-16)22(25)21(23(26)30-19)15-5-3-2-4-6-15/h2-14,32H,1H3. The monoisotopic (exact) mass is 461 g/mol. The number of imidazole rings is 1. The maximum Gasteiger partial charge on any atom is 0.159 e. The Labute approximate surface area is 194 Å². The predicted octanol–water partition coefficient (Wildman–Crippen LogP) is 5.02. The van der Waals surface area contributed by atoms with Crippen LogP contribution < -0.4 is 0 Å². The van der Waals surface area contributed by atoms with Crippen LogP contribution in [0, 0.1) is 0 Å². The summed E-state index contributed by atoms with van der Waals surface area (Å²) >= 11 is 13.4. The van der Waals surface area contributed by atoms with Gasteiger partial charge in [0.15, 0.2) is 5.60 Å². The molecule has 32 heavy (non-hydrogen) atoms. The van der Waals surface area contributed by atoms with Crippen molar-refractivity contribution in [3.05, 3.63) is 107 Å². The van der Waals surface area contributed by atoms with Crippen molar-refractivity contribution in [1.29, 1.82) is 0 Å². The summed E-state index contributed by atoms with van der Waals surface area (Å²) in [5, 5.41) is 13.5. The lowest BCUT2D eigenvalue weighted by molar-refractivity contribution is 0.117. The van der Waals surface area contributed by atoms with Gasteiger partial charge in [-0.25, -0.2) is 19.9 Å². The van der Waals surface area contributed by atoms with Crippen molar-refractivity contribution in [2.75, 3.05) is 0 Å². The third kappa shape index (κ3) is 3.24. The van der Waals surface area contributed by atoms with Crippen LogP contribution in [0.3, 0.4) is 0 Å². The number of aliphatic hydroxyl groups is 1. The molecule has 0 radical (unpaired) electrons. The fraction of sp³-hybridized carbons (Fsp3) is 0.0833. The van der Waals surface area contributed by atoms with Gasteiger partial charge >= 0.3 is 0 Å². The van der Waals surface area contributed by atoms with Crippen molar-refractivity contribution < 1.29 is 5.11 Å².